The Hall–Kier alpha value is -0.0400. The standard InChI is InChI=1S/C15H31N/c1-6-7-8-9-10-11-12-16-13-14(2,3)15(13,4)5/h13,16H,6-12H2,1-5H3. The lowest BCUT2D eigenvalue weighted by atomic mass is 10.0. The Morgan fingerprint density at radius 3 is 1.81 bits per heavy atom. The van der Waals surface area contributed by atoms with E-state index in [0.717, 1.165) is 6.04 Å². The molecule has 1 N–H and O–H groups in total. The van der Waals surface area contributed by atoms with E-state index in [9.17, 15) is 0 Å². The number of rotatable bonds is 8. The molecule has 0 atom stereocenters. The van der Waals surface area contributed by atoms with Crippen LogP contribution in [-0.4, -0.2) is 12.6 Å². The van der Waals surface area contributed by atoms with Gasteiger partial charge in [-0.25, -0.2) is 0 Å². The second-order valence-corrected chi connectivity index (χ2v) is 6.60. The summed E-state index contributed by atoms with van der Waals surface area (Å²) >= 11 is 0. The molecular weight excluding hydrogens is 194 g/mol. The molecular formula is C15H31N. The molecule has 0 aromatic heterocycles. The van der Waals surface area contributed by atoms with E-state index >= 15 is 0 Å². The molecule has 0 radical (unpaired) electrons. The summed E-state index contributed by atoms with van der Waals surface area (Å²) in [6, 6.07) is 0.732. The normalized spacial score (nSPS) is 22.3. The van der Waals surface area contributed by atoms with E-state index in [1.165, 1.54) is 45.1 Å². The lowest BCUT2D eigenvalue weighted by Crippen LogP contribution is -2.23. The van der Waals surface area contributed by atoms with Crippen molar-refractivity contribution in [2.45, 2.75) is 79.2 Å². The predicted molar refractivity (Wildman–Crippen MR) is 72.7 cm³/mol. The summed E-state index contributed by atoms with van der Waals surface area (Å²) in [5.41, 5.74) is 0.990. The number of unbranched alkanes of at least 4 members (excludes halogenated alkanes) is 5. The first-order valence-corrected chi connectivity index (χ1v) is 7.18. The maximum absolute atomic E-state index is 3.73. The zero-order valence-corrected chi connectivity index (χ0v) is 12.0. The average molecular weight is 225 g/mol. The van der Waals surface area contributed by atoms with Gasteiger partial charge in [0.1, 0.15) is 0 Å². The molecule has 0 aromatic rings. The van der Waals surface area contributed by atoms with Crippen LogP contribution >= 0.6 is 0 Å². The molecule has 0 unspecified atom stereocenters. The molecule has 96 valence electrons. The highest BCUT2D eigenvalue weighted by Gasteiger charge is 2.64. The zero-order chi connectivity index (χ0) is 12.2. The van der Waals surface area contributed by atoms with Gasteiger partial charge in [-0.05, 0) is 23.8 Å². The van der Waals surface area contributed by atoms with Crippen LogP contribution in [0.4, 0.5) is 0 Å². The third kappa shape index (κ3) is 3.00. The van der Waals surface area contributed by atoms with Crippen molar-refractivity contribution in [1.82, 2.24) is 5.32 Å². The zero-order valence-electron chi connectivity index (χ0n) is 12.0. The van der Waals surface area contributed by atoms with Gasteiger partial charge in [-0.15, -0.1) is 0 Å². The fraction of sp³-hybridized carbons (Fsp3) is 1.00. The molecule has 0 amide bonds. The van der Waals surface area contributed by atoms with Crippen LogP contribution in [0.3, 0.4) is 0 Å². The van der Waals surface area contributed by atoms with Gasteiger partial charge in [0.25, 0.3) is 0 Å². The number of hydrogen-bond donors (Lipinski definition) is 1. The molecule has 1 heteroatoms. The van der Waals surface area contributed by atoms with Crippen LogP contribution in [0.1, 0.15) is 73.1 Å². The molecule has 0 aliphatic heterocycles. The van der Waals surface area contributed by atoms with Gasteiger partial charge in [-0.1, -0.05) is 66.7 Å². The van der Waals surface area contributed by atoms with Crippen LogP contribution in [0.5, 0.6) is 0 Å². The Kier molecular flexibility index (Phi) is 4.85. The van der Waals surface area contributed by atoms with Crippen molar-refractivity contribution >= 4 is 0 Å². The minimum Gasteiger partial charge on any atom is -0.313 e. The second-order valence-electron chi connectivity index (χ2n) is 6.60. The molecule has 0 saturated heterocycles. The summed E-state index contributed by atoms with van der Waals surface area (Å²) in [5, 5.41) is 3.73. The third-order valence-electron chi connectivity index (χ3n) is 4.90. The molecule has 1 nitrogen and oxygen atoms in total. The van der Waals surface area contributed by atoms with Gasteiger partial charge in [0.15, 0.2) is 0 Å². The minimum atomic E-state index is 0.495. The SMILES string of the molecule is CCCCCCCCNC1C(C)(C)C1(C)C. The Morgan fingerprint density at radius 2 is 1.31 bits per heavy atom. The van der Waals surface area contributed by atoms with Gasteiger partial charge in [0.2, 0.25) is 0 Å². The Labute approximate surface area is 102 Å². The van der Waals surface area contributed by atoms with Crippen LogP contribution in [0.15, 0.2) is 0 Å². The molecule has 1 saturated carbocycles. The van der Waals surface area contributed by atoms with E-state index < -0.39 is 0 Å². The summed E-state index contributed by atoms with van der Waals surface area (Å²) in [4.78, 5) is 0. The highest BCUT2D eigenvalue weighted by molar-refractivity contribution is 5.17. The first-order valence-electron chi connectivity index (χ1n) is 7.18. The largest absolute Gasteiger partial charge is 0.313 e. The molecule has 0 aromatic carbocycles. The molecule has 1 fully saturated rings. The molecule has 16 heavy (non-hydrogen) atoms. The number of hydrogen-bond acceptors (Lipinski definition) is 1. The van der Waals surface area contributed by atoms with Gasteiger partial charge in [-0.3, -0.25) is 0 Å². The van der Waals surface area contributed by atoms with E-state index in [4.69, 9.17) is 0 Å². The van der Waals surface area contributed by atoms with Crippen molar-refractivity contribution in [1.29, 1.82) is 0 Å². The molecule has 1 aliphatic carbocycles. The summed E-state index contributed by atoms with van der Waals surface area (Å²) in [6.07, 6.45) is 8.37. The predicted octanol–water partition coefficient (Wildman–Crippen LogP) is 4.37. The van der Waals surface area contributed by atoms with E-state index in [-0.39, 0.29) is 0 Å². The summed E-state index contributed by atoms with van der Waals surface area (Å²) in [7, 11) is 0. The van der Waals surface area contributed by atoms with Gasteiger partial charge < -0.3 is 5.32 Å². The second kappa shape index (κ2) is 5.53. The third-order valence-corrected chi connectivity index (χ3v) is 4.90. The van der Waals surface area contributed by atoms with Crippen molar-refractivity contribution in [3.05, 3.63) is 0 Å². The van der Waals surface area contributed by atoms with Crippen molar-refractivity contribution in [2.75, 3.05) is 6.54 Å². The molecule has 1 rings (SSSR count). The lowest BCUT2D eigenvalue weighted by Gasteiger charge is -2.06. The maximum Gasteiger partial charge on any atom is 0.0181 e. The first-order chi connectivity index (χ1) is 7.44. The smallest absolute Gasteiger partial charge is 0.0181 e. The van der Waals surface area contributed by atoms with Gasteiger partial charge >= 0.3 is 0 Å². The highest BCUT2D eigenvalue weighted by atomic mass is 15.0. The number of nitrogens with one attached hydrogen (secondary N) is 1. The fourth-order valence-electron chi connectivity index (χ4n) is 2.86. The topological polar surface area (TPSA) is 12.0 Å². The van der Waals surface area contributed by atoms with Crippen LogP contribution < -0.4 is 5.32 Å². The molecule has 1 aliphatic rings. The van der Waals surface area contributed by atoms with E-state index in [2.05, 4.69) is 39.9 Å². The monoisotopic (exact) mass is 225 g/mol. The fourth-order valence-corrected chi connectivity index (χ4v) is 2.86. The van der Waals surface area contributed by atoms with Gasteiger partial charge in [0.05, 0.1) is 0 Å². The minimum absolute atomic E-state index is 0.495. The van der Waals surface area contributed by atoms with Crippen molar-refractivity contribution in [2.24, 2.45) is 10.8 Å². The lowest BCUT2D eigenvalue weighted by molar-refractivity contribution is 0.457. The molecule has 0 heterocycles. The van der Waals surface area contributed by atoms with Crippen LogP contribution in [-0.2, 0) is 0 Å². The summed E-state index contributed by atoms with van der Waals surface area (Å²) in [6.45, 7) is 13.0. The van der Waals surface area contributed by atoms with E-state index in [1.807, 2.05) is 0 Å². The Balaban J connectivity index is 1.97. The summed E-state index contributed by atoms with van der Waals surface area (Å²) in [5.74, 6) is 0. The molecule has 0 spiro atoms. The van der Waals surface area contributed by atoms with E-state index in [0.29, 0.717) is 10.8 Å². The van der Waals surface area contributed by atoms with Crippen LogP contribution in [0.25, 0.3) is 0 Å². The van der Waals surface area contributed by atoms with Crippen molar-refractivity contribution in [3.63, 3.8) is 0 Å². The highest BCUT2D eigenvalue weighted by Crippen LogP contribution is 2.62. The maximum atomic E-state index is 3.73. The molecule has 0 bridgehead atoms. The average Bonchev–Trinajstić information content (AvgIpc) is 2.58. The van der Waals surface area contributed by atoms with Crippen LogP contribution in [0.2, 0.25) is 0 Å². The van der Waals surface area contributed by atoms with Crippen molar-refractivity contribution in [3.8, 4) is 0 Å². The Morgan fingerprint density at radius 1 is 0.812 bits per heavy atom. The summed E-state index contributed by atoms with van der Waals surface area (Å²) < 4.78 is 0. The van der Waals surface area contributed by atoms with Crippen molar-refractivity contribution < 1.29 is 0 Å². The Bertz CT molecular complexity index is 191. The van der Waals surface area contributed by atoms with Gasteiger partial charge in [-0.2, -0.15) is 0 Å². The van der Waals surface area contributed by atoms with Crippen LogP contribution in [0, 0.1) is 10.8 Å². The van der Waals surface area contributed by atoms with Gasteiger partial charge in [0, 0.05) is 6.04 Å². The van der Waals surface area contributed by atoms with E-state index in [1.54, 1.807) is 0 Å². The first kappa shape index (κ1) is 14.0. The quantitative estimate of drug-likeness (QED) is 0.605.